The van der Waals surface area contributed by atoms with Crippen LogP contribution in [-0.4, -0.2) is 27.8 Å². The van der Waals surface area contributed by atoms with Crippen molar-refractivity contribution in [2.75, 3.05) is 13.2 Å². The number of nitro groups is 1. The van der Waals surface area contributed by atoms with E-state index in [2.05, 4.69) is 0 Å². The molecule has 0 aliphatic heterocycles. The van der Waals surface area contributed by atoms with Crippen molar-refractivity contribution < 1.29 is 14.8 Å². The largest absolute Gasteiger partial charge is 0.493 e. The molecule has 8 nitrogen and oxygen atoms in total. The number of hydrogen-bond donors (Lipinski definition) is 1. The monoisotopic (exact) mass is 365 g/mol. The zero-order valence-corrected chi connectivity index (χ0v) is 14.2. The maximum absolute atomic E-state index is 12.7. The summed E-state index contributed by atoms with van der Waals surface area (Å²) in [7, 11) is 0. The highest BCUT2D eigenvalue weighted by atomic mass is 16.6. The van der Waals surface area contributed by atoms with Gasteiger partial charge in [0.2, 0.25) is 0 Å². The van der Waals surface area contributed by atoms with E-state index >= 15 is 0 Å². The quantitative estimate of drug-likeness (QED) is 0.407. The Morgan fingerprint density at radius 3 is 2.56 bits per heavy atom. The minimum atomic E-state index is -0.524. The van der Waals surface area contributed by atoms with E-state index in [1.807, 2.05) is 6.07 Å². The van der Waals surface area contributed by atoms with Crippen molar-refractivity contribution in [1.82, 2.24) is 4.57 Å². The van der Waals surface area contributed by atoms with Crippen molar-refractivity contribution in [2.45, 2.75) is 6.42 Å². The zero-order chi connectivity index (χ0) is 19.4. The summed E-state index contributed by atoms with van der Waals surface area (Å²) in [6.07, 6.45) is 0.473. The Bertz CT molecular complexity index is 1100. The van der Waals surface area contributed by atoms with Crippen LogP contribution in [0, 0.1) is 21.4 Å². The van der Waals surface area contributed by atoms with Gasteiger partial charge in [0.25, 0.3) is 11.2 Å². The summed E-state index contributed by atoms with van der Waals surface area (Å²) in [6, 6.07) is 14.0. The van der Waals surface area contributed by atoms with Crippen LogP contribution < -0.4 is 10.3 Å². The highest BCUT2D eigenvalue weighted by Gasteiger charge is 2.13. The Hall–Kier alpha value is -3.70. The van der Waals surface area contributed by atoms with Gasteiger partial charge < -0.3 is 9.84 Å². The first-order valence-corrected chi connectivity index (χ1v) is 8.13. The first kappa shape index (κ1) is 18.1. The number of aromatic nitrogens is 1. The number of nitriles is 1. The highest BCUT2D eigenvalue weighted by molar-refractivity contribution is 5.83. The SMILES string of the molecule is N#Cc1cc2ccc(OCCCO)cc2n(-c2ccc([N+](=O)[O-])cc2)c1=O. The first-order valence-electron chi connectivity index (χ1n) is 8.13. The zero-order valence-electron chi connectivity index (χ0n) is 14.2. The summed E-state index contributed by atoms with van der Waals surface area (Å²) in [4.78, 5) is 23.1. The Balaban J connectivity index is 2.19. The lowest BCUT2D eigenvalue weighted by Crippen LogP contribution is -2.21. The van der Waals surface area contributed by atoms with Crippen LogP contribution in [0.25, 0.3) is 16.6 Å². The predicted molar refractivity (Wildman–Crippen MR) is 98.1 cm³/mol. The first-order chi connectivity index (χ1) is 13.0. The number of non-ortho nitro benzene ring substituents is 1. The number of fused-ring (bicyclic) bond motifs is 1. The molecule has 27 heavy (non-hydrogen) atoms. The van der Waals surface area contributed by atoms with Crippen molar-refractivity contribution in [1.29, 1.82) is 5.26 Å². The summed E-state index contributed by atoms with van der Waals surface area (Å²) < 4.78 is 6.89. The van der Waals surface area contributed by atoms with Gasteiger partial charge in [-0.1, -0.05) is 0 Å². The van der Waals surface area contributed by atoms with E-state index in [9.17, 15) is 20.2 Å². The van der Waals surface area contributed by atoms with Crippen LogP contribution >= 0.6 is 0 Å². The molecule has 0 aliphatic carbocycles. The molecule has 0 bridgehead atoms. The van der Waals surface area contributed by atoms with Crippen LogP contribution in [0.5, 0.6) is 5.75 Å². The molecule has 0 spiro atoms. The average Bonchev–Trinajstić information content (AvgIpc) is 2.68. The van der Waals surface area contributed by atoms with Gasteiger partial charge in [0.15, 0.2) is 0 Å². The molecule has 0 unspecified atom stereocenters. The van der Waals surface area contributed by atoms with Gasteiger partial charge in [0.05, 0.1) is 17.0 Å². The molecule has 0 aliphatic rings. The smallest absolute Gasteiger partial charge is 0.273 e. The Morgan fingerprint density at radius 1 is 1.19 bits per heavy atom. The van der Waals surface area contributed by atoms with Crippen LogP contribution in [0.3, 0.4) is 0 Å². The second-order valence-electron chi connectivity index (χ2n) is 5.73. The van der Waals surface area contributed by atoms with Gasteiger partial charge in [-0.3, -0.25) is 19.5 Å². The van der Waals surface area contributed by atoms with Gasteiger partial charge in [0.1, 0.15) is 17.4 Å². The average molecular weight is 365 g/mol. The number of nitro benzene ring substituents is 1. The summed E-state index contributed by atoms with van der Waals surface area (Å²) in [5.74, 6) is 0.510. The van der Waals surface area contributed by atoms with Gasteiger partial charge >= 0.3 is 0 Å². The maximum Gasteiger partial charge on any atom is 0.273 e. The van der Waals surface area contributed by atoms with E-state index in [1.54, 1.807) is 18.2 Å². The number of rotatable bonds is 6. The van der Waals surface area contributed by atoms with Crippen molar-refractivity contribution in [2.24, 2.45) is 0 Å². The van der Waals surface area contributed by atoms with E-state index in [1.165, 1.54) is 34.9 Å². The number of hydrogen-bond acceptors (Lipinski definition) is 6. The number of benzene rings is 2. The van der Waals surface area contributed by atoms with Crippen LogP contribution in [0.4, 0.5) is 5.69 Å². The number of aliphatic hydroxyl groups excluding tert-OH is 1. The van der Waals surface area contributed by atoms with Crippen molar-refractivity contribution in [3.63, 3.8) is 0 Å². The second-order valence-corrected chi connectivity index (χ2v) is 5.73. The fraction of sp³-hybridized carbons (Fsp3) is 0.158. The molecule has 1 N–H and O–H groups in total. The highest BCUT2D eigenvalue weighted by Crippen LogP contribution is 2.24. The topological polar surface area (TPSA) is 118 Å². The van der Waals surface area contributed by atoms with Gasteiger partial charge in [-0.15, -0.1) is 0 Å². The van der Waals surface area contributed by atoms with E-state index in [-0.39, 0.29) is 17.9 Å². The molecule has 1 aromatic heterocycles. The molecule has 2 aromatic carbocycles. The lowest BCUT2D eigenvalue weighted by atomic mass is 10.1. The van der Waals surface area contributed by atoms with Gasteiger partial charge in [-0.2, -0.15) is 5.26 Å². The Kier molecular flexibility index (Phi) is 5.15. The molecule has 0 saturated heterocycles. The molecular weight excluding hydrogens is 350 g/mol. The van der Waals surface area contributed by atoms with Crippen molar-refractivity contribution in [3.8, 4) is 17.5 Å². The molecule has 0 amide bonds. The summed E-state index contributed by atoms with van der Waals surface area (Å²) >= 11 is 0. The second kappa shape index (κ2) is 7.68. The molecule has 0 atom stereocenters. The predicted octanol–water partition coefficient (Wildman–Crippen LogP) is 2.53. The third-order valence-electron chi connectivity index (χ3n) is 3.99. The van der Waals surface area contributed by atoms with E-state index in [4.69, 9.17) is 9.84 Å². The molecule has 3 rings (SSSR count). The molecule has 1 heterocycles. The Morgan fingerprint density at radius 2 is 1.93 bits per heavy atom. The number of pyridine rings is 1. The molecule has 0 radical (unpaired) electrons. The number of nitrogens with zero attached hydrogens (tertiary/aromatic N) is 3. The van der Waals surface area contributed by atoms with Gasteiger partial charge in [-0.25, -0.2) is 0 Å². The Labute approximate surface area is 153 Å². The molecular formula is C19H15N3O5. The lowest BCUT2D eigenvalue weighted by molar-refractivity contribution is -0.384. The number of aliphatic hydroxyl groups is 1. The van der Waals surface area contributed by atoms with Gasteiger partial charge in [-0.05, 0) is 30.3 Å². The minimum Gasteiger partial charge on any atom is -0.493 e. The standard InChI is InChI=1S/C19H15N3O5/c20-12-14-10-13-2-7-17(27-9-1-8-23)11-18(13)21(19(14)24)15-3-5-16(6-4-15)22(25)26/h2-7,10-11,23H,1,8-9H2. The number of ether oxygens (including phenoxy) is 1. The normalized spacial score (nSPS) is 10.5. The van der Waals surface area contributed by atoms with Crippen LogP contribution in [-0.2, 0) is 0 Å². The fourth-order valence-corrected chi connectivity index (χ4v) is 2.69. The van der Waals surface area contributed by atoms with Crippen LogP contribution in [0.2, 0.25) is 0 Å². The fourth-order valence-electron chi connectivity index (χ4n) is 2.69. The van der Waals surface area contributed by atoms with Crippen molar-refractivity contribution in [3.05, 3.63) is 74.6 Å². The molecule has 0 fully saturated rings. The van der Waals surface area contributed by atoms with Gasteiger partial charge in [0, 0.05) is 42.3 Å². The summed E-state index contributed by atoms with van der Waals surface area (Å²) in [5, 5.41) is 29.6. The molecule has 3 aromatic rings. The lowest BCUT2D eigenvalue weighted by Gasteiger charge is -2.13. The van der Waals surface area contributed by atoms with E-state index in [0.717, 1.165) is 0 Å². The van der Waals surface area contributed by atoms with Crippen LogP contribution in [0.15, 0.2) is 53.3 Å². The third kappa shape index (κ3) is 3.63. The minimum absolute atomic E-state index is 0.00656. The molecule has 0 saturated carbocycles. The van der Waals surface area contributed by atoms with Crippen LogP contribution in [0.1, 0.15) is 12.0 Å². The summed E-state index contributed by atoms with van der Waals surface area (Å²) in [6.45, 7) is 0.326. The molecule has 136 valence electrons. The maximum atomic E-state index is 12.7. The van der Waals surface area contributed by atoms with Crippen molar-refractivity contribution >= 4 is 16.6 Å². The summed E-state index contributed by atoms with van der Waals surface area (Å²) in [5.41, 5.74) is 0.260. The third-order valence-corrected chi connectivity index (χ3v) is 3.99. The molecule has 8 heteroatoms. The van der Waals surface area contributed by atoms with E-state index < -0.39 is 10.5 Å². The van der Waals surface area contributed by atoms with E-state index in [0.29, 0.717) is 35.4 Å².